The molecule has 0 saturated heterocycles. The van der Waals surface area contributed by atoms with Crippen molar-refractivity contribution in [3.63, 3.8) is 0 Å². The average molecular weight is 223 g/mol. The first-order valence-electron chi connectivity index (χ1n) is 4.74. The lowest BCUT2D eigenvalue weighted by atomic mass is 10.1. The second-order valence-corrected chi connectivity index (χ2v) is 3.54. The Morgan fingerprint density at radius 3 is 2.12 bits per heavy atom. The van der Waals surface area contributed by atoms with Crippen LogP contribution in [0.5, 0.6) is 11.5 Å². The number of hydrogen-bond donors (Lipinski definition) is 3. The molecule has 1 amide bonds. The minimum absolute atomic E-state index is 0.102. The third-order valence-electron chi connectivity index (χ3n) is 2.12. The molecule has 1 atom stereocenters. The van der Waals surface area contributed by atoms with E-state index < -0.39 is 11.9 Å². The highest BCUT2D eigenvalue weighted by Crippen LogP contribution is 2.20. The van der Waals surface area contributed by atoms with Crippen molar-refractivity contribution < 1.29 is 19.8 Å². The van der Waals surface area contributed by atoms with Gasteiger partial charge in [0, 0.05) is 11.6 Å². The molecule has 86 valence electrons. The van der Waals surface area contributed by atoms with Crippen molar-refractivity contribution in [1.29, 1.82) is 0 Å². The normalized spacial score (nSPS) is 11.9. The standard InChI is InChI=1S/C11H13NO4/c1-6(7(2)13)12-11(16)8-3-9(14)5-10(15)4-8/h3-6,14-15H,1-2H3,(H,12,16). The number of aromatic hydroxyl groups is 2. The van der Waals surface area contributed by atoms with E-state index in [0.717, 1.165) is 6.07 Å². The molecule has 0 aliphatic rings. The summed E-state index contributed by atoms with van der Waals surface area (Å²) < 4.78 is 0. The summed E-state index contributed by atoms with van der Waals surface area (Å²) in [5.41, 5.74) is 0.102. The van der Waals surface area contributed by atoms with E-state index in [1.807, 2.05) is 0 Å². The van der Waals surface area contributed by atoms with Crippen LogP contribution in [0.2, 0.25) is 0 Å². The van der Waals surface area contributed by atoms with Gasteiger partial charge in [-0.3, -0.25) is 9.59 Å². The van der Waals surface area contributed by atoms with Gasteiger partial charge in [-0.15, -0.1) is 0 Å². The number of carbonyl (C=O) groups excluding carboxylic acids is 2. The zero-order valence-corrected chi connectivity index (χ0v) is 9.02. The molecule has 1 aromatic rings. The molecular weight excluding hydrogens is 210 g/mol. The molecule has 1 unspecified atom stereocenters. The van der Waals surface area contributed by atoms with Crippen molar-refractivity contribution in [2.45, 2.75) is 19.9 Å². The van der Waals surface area contributed by atoms with Crippen LogP contribution >= 0.6 is 0 Å². The fourth-order valence-electron chi connectivity index (χ4n) is 1.11. The largest absolute Gasteiger partial charge is 0.508 e. The van der Waals surface area contributed by atoms with Gasteiger partial charge in [0.05, 0.1) is 6.04 Å². The molecule has 0 fully saturated rings. The van der Waals surface area contributed by atoms with Crippen LogP contribution in [0.3, 0.4) is 0 Å². The van der Waals surface area contributed by atoms with E-state index in [9.17, 15) is 19.8 Å². The van der Waals surface area contributed by atoms with Gasteiger partial charge in [-0.25, -0.2) is 0 Å². The number of rotatable bonds is 3. The van der Waals surface area contributed by atoms with E-state index in [1.165, 1.54) is 19.1 Å². The molecule has 0 bridgehead atoms. The van der Waals surface area contributed by atoms with Crippen LogP contribution in [0, 0.1) is 0 Å². The molecule has 0 heterocycles. The molecule has 5 nitrogen and oxygen atoms in total. The lowest BCUT2D eigenvalue weighted by Crippen LogP contribution is -2.37. The summed E-state index contributed by atoms with van der Waals surface area (Å²) in [4.78, 5) is 22.5. The quantitative estimate of drug-likeness (QED) is 0.707. The third kappa shape index (κ3) is 2.98. The Bertz CT molecular complexity index is 408. The van der Waals surface area contributed by atoms with Crippen LogP contribution in [0.25, 0.3) is 0 Å². The van der Waals surface area contributed by atoms with Gasteiger partial charge >= 0.3 is 0 Å². The predicted molar refractivity (Wildman–Crippen MR) is 57.4 cm³/mol. The van der Waals surface area contributed by atoms with Gasteiger partial charge in [0.15, 0.2) is 5.78 Å². The molecule has 0 aliphatic carbocycles. The molecule has 0 spiro atoms. The molecule has 5 heteroatoms. The van der Waals surface area contributed by atoms with Gasteiger partial charge in [0.2, 0.25) is 0 Å². The average Bonchev–Trinajstić information content (AvgIpc) is 2.15. The van der Waals surface area contributed by atoms with E-state index in [2.05, 4.69) is 5.32 Å². The topological polar surface area (TPSA) is 86.6 Å². The van der Waals surface area contributed by atoms with Crippen LogP contribution in [-0.2, 0) is 4.79 Å². The van der Waals surface area contributed by atoms with Crippen molar-refractivity contribution in [2.24, 2.45) is 0 Å². The number of nitrogens with one attached hydrogen (secondary N) is 1. The van der Waals surface area contributed by atoms with Gasteiger partial charge in [0.25, 0.3) is 5.91 Å². The van der Waals surface area contributed by atoms with E-state index in [1.54, 1.807) is 6.92 Å². The summed E-state index contributed by atoms with van der Waals surface area (Å²) in [6.45, 7) is 2.92. The number of Topliss-reactive ketones (excluding diaryl/α,β-unsaturated/α-hetero) is 1. The molecular formula is C11H13NO4. The summed E-state index contributed by atoms with van der Waals surface area (Å²) in [7, 11) is 0. The zero-order valence-electron chi connectivity index (χ0n) is 9.02. The predicted octanol–water partition coefficient (Wildman–Crippen LogP) is 0.805. The minimum Gasteiger partial charge on any atom is -0.508 e. The van der Waals surface area contributed by atoms with Crippen molar-refractivity contribution in [1.82, 2.24) is 5.32 Å². The highest BCUT2D eigenvalue weighted by molar-refractivity contribution is 5.98. The molecule has 3 N–H and O–H groups in total. The first-order valence-corrected chi connectivity index (χ1v) is 4.74. The maximum atomic E-state index is 11.6. The molecule has 1 rings (SSSR count). The Labute approximate surface area is 92.7 Å². The summed E-state index contributed by atoms with van der Waals surface area (Å²) in [5, 5.41) is 20.8. The highest BCUT2D eigenvalue weighted by Gasteiger charge is 2.14. The monoisotopic (exact) mass is 223 g/mol. The number of carbonyl (C=O) groups is 2. The molecule has 0 radical (unpaired) electrons. The second kappa shape index (κ2) is 4.65. The number of amides is 1. The van der Waals surface area contributed by atoms with E-state index >= 15 is 0 Å². The Balaban J connectivity index is 2.84. The minimum atomic E-state index is -0.600. The van der Waals surface area contributed by atoms with Crippen molar-refractivity contribution >= 4 is 11.7 Å². The van der Waals surface area contributed by atoms with Crippen LogP contribution in [0.4, 0.5) is 0 Å². The third-order valence-corrected chi connectivity index (χ3v) is 2.12. The number of ketones is 1. The van der Waals surface area contributed by atoms with Crippen LogP contribution < -0.4 is 5.32 Å². The van der Waals surface area contributed by atoms with E-state index in [-0.39, 0.29) is 22.8 Å². The summed E-state index contributed by atoms with van der Waals surface area (Å²) in [6, 6.07) is 2.94. The van der Waals surface area contributed by atoms with E-state index in [0.29, 0.717) is 0 Å². The van der Waals surface area contributed by atoms with Gasteiger partial charge in [0.1, 0.15) is 11.5 Å². The van der Waals surface area contributed by atoms with Gasteiger partial charge < -0.3 is 15.5 Å². The smallest absolute Gasteiger partial charge is 0.252 e. The van der Waals surface area contributed by atoms with Crippen LogP contribution in [0.15, 0.2) is 18.2 Å². The van der Waals surface area contributed by atoms with Gasteiger partial charge in [-0.1, -0.05) is 0 Å². The number of benzene rings is 1. The fourth-order valence-corrected chi connectivity index (χ4v) is 1.11. The molecule has 0 aliphatic heterocycles. The lowest BCUT2D eigenvalue weighted by molar-refractivity contribution is -0.118. The molecule has 0 saturated carbocycles. The highest BCUT2D eigenvalue weighted by atomic mass is 16.3. The van der Waals surface area contributed by atoms with Crippen molar-refractivity contribution in [3.05, 3.63) is 23.8 Å². The maximum absolute atomic E-state index is 11.6. The SMILES string of the molecule is CC(=O)C(C)NC(=O)c1cc(O)cc(O)c1. The van der Waals surface area contributed by atoms with Crippen LogP contribution in [0.1, 0.15) is 24.2 Å². The van der Waals surface area contributed by atoms with Gasteiger partial charge in [-0.2, -0.15) is 0 Å². The maximum Gasteiger partial charge on any atom is 0.252 e. The molecule has 0 aromatic heterocycles. The van der Waals surface area contributed by atoms with Crippen molar-refractivity contribution in [2.75, 3.05) is 0 Å². The summed E-state index contributed by atoms with van der Waals surface area (Å²) >= 11 is 0. The summed E-state index contributed by atoms with van der Waals surface area (Å²) in [6.07, 6.45) is 0. The Hall–Kier alpha value is -2.04. The molecule has 1 aromatic carbocycles. The molecule has 16 heavy (non-hydrogen) atoms. The number of phenolic OH excluding ortho intramolecular Hbond substituents is 2. The van der Waals surface area contributed by atoms with E-state index in [4.69, 9.17) is 0 Å². The van der Waals surface area contributed by atoms with Crippen LogP contribution in [-0.4, -0.2) is 27.9 Å². The second-order valence-electron chi connectivity index (χ2n) is 3.54. The zero-order chi connectivity index (χ0) is 12.3. The number of phenols is 2. The summed E-state index contributed by atoms with van der Waals surface area (Å²) in [5.74, 6) is -1.10. The first-order chi connectivity index (χ1) is 7.40. The van der Waals surface area contributed by atoms with Crippen molar-refractivity contribution in [3.8, 4) is 11.5 Å². The Kier molecular flexibility index (Phi) is 3.50. The Morgan fingerprint density at radius 2 is 1.69 bits per heavy atom. The van der Waals surface area contributed by atoms with Gasteiger partial charge in [-0.05, 0) is 26.0 Å². The fraction of sp³-hybridized carbons (Fsp3) is 0.273. The first kappa shape index (κ1) is 12.0. The Morgan fingerprint density at radius 1 is 1.19 bits per heavy atom. The lowest BCUT2D eigenvalue weighted by Gasteiger charge is -2.10. The number of hydrogen-bond acceptors (Lipinski definition) is 4.